The summed E-state index contributed by atoms with van der Waals surface area (Å²) in [4.78, 5) is 31.4. The molecule has 1 aromatic carbocycles. The van der Waals surface area contributed by atoms with Crippen LogP contribution >= 0.6 is 0 Å². The Labute approximate surface area is 160 Å². The molecule has 0 saturated carbocycles. The molecule has 2 heterocycles. The number of anilines is 2. The van der Waals surface area contributed by atoms with E-state index in [4.69, 9.17) is 0 Å². The number of para-hydroxylation sites is 1. The highest BCUT2D eigenvalue weighted by Gasteiger charge is 2.42. The van der Waals surface area contributed by atoms with E-state index in [0.717, 1.165) is 5.69 Å². The van der Waals surface area contributed by atoms with E-state index in [9.17, 15) is 9.59 Å². The van der Waals surface area contributed by atoms with Crippen LogP contribution in [0.15, 0.2) is 54.9 Å². The molecule has 1 aromatic heterocycles. The van der Waals surface area contributed by atoms with E-state index < -0.39 is 5.54 Å². The second-order valence-corrected chi connectivity index (χ2v) is 7.25. The Morgan fingerprint density at radius 3 is 2.30 bits per heavy atom. The number of likely N-dealkylation sites (tertiary alicyclic amines) is 1. The van der Waals surface area contributed by atoms with Crippen molar-refractivity contribution >= 4 is 23.2 Å². The third-order valence-electron chi connectivity index (χ3n) is 4.93. The second-order valence-electron chi connectivity index (χ2n) is 7.25. The van der Waals surface area contributed by atoms with E-state index in [-0.39, 0.29) is 17.7 Å². The standard InChI is InChI=1S/C21H26N4O2/c1-16(2)19(26)25-13-10-21(11-14-25,24-17-7-4-3-5-8-17)20(27)23-18-9-6-12-22-15-18/h3-9,12,15-16,24H,10-11,13-14H2,1-2H3,(H,23,27). The van der Waals surface area contributed by atoms with Crippen LogP contribution in [0.2, 0.25) is 0 Å². The molecule has 2 N–H and O–H groups in total. The summed E-state index contributed by atoms with van der Waals surface area (Å²) in [6.45, 7) is 4.91. The molecule has 0 bridgehead atoms. The van der Waals surface area contributed by atoms with Crippen molar-refractivity contribution in [3.63, 3.8) is 0 Å². The Hall–Kier alpha value is -2.89. The lowest BCUT2D eigenvalue weighted by Crippen LogP contribution is -2.57. The minimum atomic E-state index is -0.773. The van der Waals surface area contributed by atoms with Gasteiger partial charge in [0, 0.05) is 30.9 Å². The zero-order valence-corrected chi connectivity index (χ0v) is 15.8. The van der Waals surface area contributed by atoms with E-state index in [0.29, 0.717) is 31.6 Å². The van der Waals surface area contributed by atoms with Crippen molar-refractivity contribution in [3.8, 4) is 0 Å². The Balaban J connectivity index is 1.80. The van der Waals surface area contributed by atoms with Crippen molar-refractivity contribution in [2.24, 2.45) is 5.92 Å². The third-order valence-corrected chi connectivity index (χ3v) is 4.93. The summed E-state index contributed by atoms with van der Waals surface area (Å²) in [5.41, 5.74) is 0.783. The molecule has 3 rings (SSSR count). The average Bonchev–Trinajstić information content (AvgIpc) is 2.69. The molecule has 1 aliphatic rings. The zero-order chi connectivity index (χ0) is 19.3. The van der Waals surface area contributed by atoms with Gasteiger partial charge in [-0.25, -0.2) is 0 Å². The highest BCUT2D eigenvalue weighted by atomic mass is 16.2. The first-order valence-electron chi connectivity index (χ1n) is 9.34. The van der Waals surface area contributed by atoms with Gasteiger partial charge in [-0.3, -0.25) is 14.6 Å². The van der Waals surface area contributed by atoms with Crippen LogP contribution in [0.1, 0.15) is 26.7 Å². The van der Waals surface area contributed by atoms with Crippen LogP contribution in [-0.2, 0) is 9.59 Å². The van der Waals surface area contributed by atoms with Gasteiger partial charge >= 0.3 is 0 Å². The number of rotatable bonds is 5. The Morgan fingerprint density at radius 1 is 1.04 bits per heavy atom. The fourth-order valence-electron chi connectivity index (χ4n) is 3.37. The number of piperidine rings is 1. The van der Waals surface area contributed by atoms with Crippen molar-refractivity contribution in [3.05, 3.63) is 54.9 Å². The van der Waals surface area contributed by atoms with Gasteiger partial charge in [0.1, 0.15) is 5.54 Å². The first-order valence-corrected chi connectivity index (χ1v) is 9.34. The highest BCUT2D eigenvalue weighted by molar-refractivity contribution is 6.00. The molecule has 0 spiro atoms. The van der Waals surface area contributed by atoms with E-state index >= 15 is 0 Å². The molecule has 0 radical (unpaired) electrons. The molecule has 6 heteroatoms. The Kier molecular flexibility index (Phi) is 5.74. The molecule has 27 heavy (non-hydrogen) atoms. The van der Waals surface area contributed by atoms with Crippen molar-refractivity contribution < 1.29 is 9.59 Å². The number of hydrogen-bond donors (Lipinski definition) is 2. The molecule has 2 amide bonds. The van der Waals surface area contributed by atoms with Crippen molar-refractivity contribution in [2.45, 2.75) is 32.2 Å². The summed E-state index contributed by atoms with van der Waals surface area (Å²) in [6.07, 6.45) is 4.40. The monoisotopic (exact) mass is 366 g/mol. The van der Waals surface area contributed by atoms with E-state index in [1.54, 1.807) is 18.5 Å². The molecule has 0 aliphatic carbocycles. The van der Waals surface area contributed by atoms with Crippen LogP contribution in [-0.4, -0.2) is 40.3 Å². The predicted octanol–water partition coefficient (Wildman–Crippen LogP) is 3.15. The number of carbonyl (C=O) groups excluding carboxylic acids is 2. The summed E-state index contributed by atoms with van der Waals surface area (Å²) < 4.78 is 0. The Bertz CT molecular complexity index is 769. The number of amides is 2. The maximum absolute atomic E-state index is 13.2. The number of pyridine rings is 1. The van der Waals surface area contributed by atoms with Gasteiger partial charge in [0.25, 0.3) is 0 Å². The van der Waals surface area contributed by atoms with Crippen molar-refractivity contribution in [1.82, 2.24) is 9.88 Å². The highest BCUT2D eigenvalue weighted by Crippen LogP contribution is 2.29. The van der Waals surface area contributed by atoms with Crippen molar-refractivity contribution in [1.29, 1.82) is 0 Å². The largest absolute Gasteiger partial charge is 0.371 e. The third kappa shape index (κ3) is 4.45. The maximum atomic E-state index is 13.2. The minimum Gasteiger partial charge on any atom is -0.371 e. The number of hydrogen-bond acceptors (Lipinski definition) is 4. The normalized spacial score (nSPS) is 16.0. The molecule has 2 aromatic rings. The van der Waals surface area contributed by atoms with Crippen LogP contribution < -0.4 is 10.6 Å². The maximum Gasteiger partial charge on any atom is 0.250 e. The quantitative estimate of drug-likeness (QED) is 0.852. The number of carbonyl (C=O) groups is 2. The minimum absolute atomic E-state index is 0.0381. The lowest BCUT2D eigenvalue weighted by Gasteiger charge is -2.42. The summed E-state index contributed by atoms with van der Waals surface area (Å²) in [5, 5.41) is 6.40. The second kappa shape index (κ2) is 8.20. The number of nitrogens with zero attached hydrogens (tertiary/aromatic N) is 2. The van der Waals surface area contributed by atoms with Crippen LogP contribution in [0.3, 0.4) is 0 Å². The van der Waals surface area contributed by atoms with Crippen LogP contribution in [0.25, 0.3) is 0 Å². The number of aromatic nitrogens is 1. The summed E-state index contributed by atoms with van der Waals surface area (Å²) >= 11 is 0. The summed E-state index contributed by atoms with van der Waals surface area (Å²) in [6, 6.07) is 13.3. The van der Waals surface area contributed by atoms with Crippen LogP contribution in [0.5, 0.6) is 0 Å². The molecular formula is C21H26N4O2. The summed E-state index contributed by atoms with van der Waals surface area (Å²) in [5.74, 6) is -0.00391. The van der Waals surface area contributed by atoms with Gasteiger partial charge in [-0.15, -0.1) is 0 Å². The average molecular weight is 366 g/mol. The fourth-order valence-corrected chi connectivity index (χ4v) is 3.37. The van der Waals surface area contributed by atoms with Gasteiger partial charge < -0.3 is 15.5 Å². The van der Waals surface area contributed by atoms with Gasteiger partial charge in [-0.05, 0) is 37.1 Å². The van der Waals surface area contributed by atoms with Crippen molar-refractivity contribution in [2.75, 3.05) is 23.7 Å². The lowest BCUT2D eigenvalue weighted by molar-refractivity contribution is -0.137. The SMILES string of the molecule is CC(C)C(=O)N1CCC(Nc2ccccc2)(C(=O)Nc2cccnc2)CC1. The Morgan fingerprint density at radius 2 is 1.70 bits per heavy atom. The molecule has 1 fully saturated rings. The topological polar surface area (TPSA) is 74.3 Å². The van der Waals surface area contributed by atoms with Gasteiger partial charge in [-0.1, -0.05) is 32.0 Å². The van der Waals surface area contributed by atoms with Gasteiger partial charge in [0.2, 0.25) is 11.8 Å². The lowest BCUT2D eigenvalue weighted by atomic mass is 9.85. The van der Waals surface area contributed by atoms with Crippen LogP contribution in [0, 0.1) is 5.92 Å². The molecule has 1 saturated heterocycles. The predicted molar refractivity (Wildman–Crippen MR) is 106 cm³/mol. The number of benzene rings is 1. The van der Waals surface area contributed by atoms with Gasteiger partial charge in [-0.2, -0.15) is 0 Å². The first-order chi connectivity index (χ1) is 13.0. The number of nitrogens with one attached hydrogen (secondary N) is 2. The summed E-state index contributed by atoms with van der Waals surface area (Å²) in [7, 11) is 0. The molecule has 6 nitrogen and oxygen atoms in total. The van der Waals surface area contributed by atoms with Gasteiger partial charge in [0.15, 0.2) is 0 Å². The molecule has 0 atom stereocenters. The smallest absolute Gasteiger partial charge is 0.250 e. The zero-order valence-electron chi connectivity index (χ0n) is 15.8. The first kappa shape index (κ1) is 18.9. The van der Waals surface area contributed by atoms with E-state index in [1.807, 2.05) is 55.1 Å². The molecular weight excluding hydrogens is 340 g/mol. The van der Waals surface area contributed by atoms with Crippen LogP contribution in [0.4, 0.5) is 11.4 Å². The molecule has 0 unspecified atom stereocenters. The van der Waals surface area contributed by atoms with E-state index in [1.165, 1.54) is 0 Å². The molecule has 1 aliphatic heterocycles. The molecule has 142 valence electrons. The van der Waals surface area contributed by atoms with E-state index in [2.05, 4.69) is 15.6 Å². The van der Waals surface area contributed by atoms with Gasteiger partial charge in [0.05, 0.1) is 11.9 Å². The fraction of sp³-hybridized carbons (Fsp3) is 0.381.